The Hall–Kier alpha value is -3.26. The number of hydrogen-bond donors (Lipinski definition) is 2. The van der Waals surface area contributed by atoms with Crippen LogP contribution in [0.4, 0.5) is 11.4 Å². The number of anilines is 2. The molecule has 0 spiro atoms. The van der Waals surface area contributed by atoms with E-state index >= 15 is 0 Å². The van der Waals surface area contributed by atoms with E-state index in [4.69, 9.17) is 21.1 Å². The number of likely N-dealkylation sites (N-methyl/N-ethyl adjacent to an activating group) is 1. The summed E-state index contributed by atoms with van der Waals surface area (Å²) in [5.41, 5.74) is 1.13. The van der Waals surface area contributed by atoms with Crippen molar-refractivity contribution in [3.8, 4) is 11.5 Å². The Morgan fingerprint density at radius 2 is 1.93 bits per heavy atom. The first-order chi connectivity index (χ1) is 13.4. The van der Waals surface area contributed by atoms with E-state index in [-0.39, 0.29) is 25.7 Å². The molecule has 1 aliphatic rings. The average molecular weight is 404 g/mol. The molecule has 3 rings (SSSR count). The van der Waals surface area contributed by atoms with Gasteiger partial charge >= 0.3 is 0 Å². The van der Waals surface area contributed by atoms with Gasteiger partial charge in [0, 0.05) is 23.8 Å². The minimum Gasteiger partial charge on any atom is -0.484 e. The molecule has 0 radical (unpaired) electrons. The number of fused-ring (bicyclic) bond motifs is 1. The maximum atomic E-state index is 12.0. The fourth-order valence-electron chi connectivity index (χ4n) is 2.47. The Bertz CT molecular complexity index is 901. The van der Waals surface area contributed by atoms with E-state index in [2.05, 4.69) is 10.6 Å². The van der Waals surface area contributed by atoms with Crippen LogP contribution in [0.3, 0.4) is 0 Å². The molecule has 0 saturated carbocycles. The predicted molar refractivity (Wildman–Crippen MR) is 104 cm³/mol. The quantitative estimate of drug-likeness (QED) is 0.767. The number of rotatable bonds is 6. The van der Waals surface area contributed by atoms with Gasteiger partial charge in [-0.3, -0.25) is 14.4 Å². The molecule has 1 heterocycles. The van der Waals surface area contributed by atoms with Gasteiger partial charge in [0.2, 0.25) is 5.91 Å². The minimum atomic E-state index is -0.431. The van der Waals surface area contributed by atoms with Crippen LogP contribution in [0.25, 0.3) is 0 Å². The Kier molecular flexibility index (Phi) is 6.00. The molecule has 0 fully saturated rings. The minimum absolute atomic E-state index is 0.0510. The smallest absolute Gasteiger partial charge is 0.264 e. The van der Waals surface area contributed by atoms with Crippen LogP contribution >= 0.6 is 11.6 Å². The largest absolute Gasteiger partial charge is 0.484 e. The van der Waals surface area contributed by atoms with E-state index in [0.717, 1.165) is 0 Å². The first kappa shape index (κ1) is 19.5. The van der Waals surface area contributed by atoms with Crippen molar-refractivity contribution < 1.29 is 23.9 Å². The Morgan fingerprint density at radius 3 is 2.68 bits per heavy atom. The molecule has 2 N–H and O–H groups in total. The van der Waals surface area contributed by atoms with E-state index in [1.54, 1.807) is 49.5 Å². The molecule has 0 aromatic heterocycles. The molecule has 1 aliphatic heterocycles. The number of halogens is 1. The molecule has 0 bridgehead atoms. The monoisotopic (exact) mass is 403 g/mol. The van der Waals surface area contributed by atoms with Crippen molar-refractivity contribution >= 4 is 40.7 Å². The van der Waals surface area contributed by atoms with Crippen molar-refractivity contribution in [2.24, 2.45) is 0 Å². The van der Waals surface area contributed by atoms with Crippen molar-refractivity contribution in [2.75, 3.05) is 37.0 Å². The summed E-state index contributed by atoms with van der Waals surface area (Å²) in [6.45, 7) is -0.480. The molecule has 8 nitrogen and oxygen atoms in total. The van der Waals surface area contributed by atoms with Gasteiger partial charge in [0.1, 0.15) is 11.5 Å². The van der Waals surface area contributed by atoms with Gasteiger partial charge in [0.05, 0.1) is 12.2 Å². The number of carbonyl (C=O) groups is 3. The molecule has 2 aromatic rings. The Morgan fingerprint density at radius 1 is 1.18 bits per heavy atom. The third-order valence-corrected chi connectivity index (χ3v) is 4.21. The maximum absolute atomic E-state index is 12.0. The zero-order valence-electron chi connectivity index (χ0n) is 15.0. The zero-order valence-corrected chi connectivity index (χ0v) is 15.8. The molecule has 0 aliphatic carbocycles. The van der Waals surface area contributed by atoms with Crippen molar-refractivity contribution in [3.63, 3.8) is 0 Å². The Balaban J connectivity index is 1.46. The normalized spacial score (nSPS) is 12.6. The fraction of sp³-hybridized carbons (Fsp3) is 0.211. The lowest BCUT2D eigenvalue weighted by molar-refractivity contribution is -0.125. The Labute approximate surface area is 166 Å². The molecule has 146 valence electrons. The van der Waals surface area contributed by atoms with Crippen LogP contribution in [0.15, 0.2) is 42.5 Å². The van der Waals surface area contributed by atoms with E-state index in [1.807, 2.05) is 0 Å². The van der Waals surface area contributed by atoms with E-state index in [0.29, 0.717) is 27.9 Å². The third kappa shape index (κ3) is 4.92. The van der Waals surface area contributed by atoms with Crippen LogP contribution in [-0.4, -0.2) is 44.5 Å². The highest BCUT2D eigenvalue weighted by atomic mass is 35.5. The number of nitrogens with zero attached hydrogens (tertiary/aromatic N) is 1. The molecule has 28 heavy (non-hydrogen) atoms. The van der Waals surface area contributed by atoms with Gasteiger partial charge in [-0.25, -0.2) is 0 Å². The maximum Gasteiger partial charge on any atom is 0.264 e. The second-order valence-corrected chi connectivity index (χ2v) is 6.43. The highest BCUT2D eigenvalue weighted by Crippen LogP contribution is 2.33. The van der Waals surface area contributed by atoms with Crippen LogP contribution in [0.1, 0.15) is 0 Å². The molecule has 0 saturated heterocycles. The van der Waals surface area contributed by atoms with Gasteiger partial charge in [-0.2, -0.15) is 0 Å². The lowest BCUT2D eigenvalue weighted by Gasteiger charge is -2.26. The van der Waals surface area contributed by atoms with E-state index in [1.165, 1.54) is 4.90 Å². The molecule has 0 atom stereocenters. The average Bonchev–Trinajstić information content (AvgIpc) is 2.69. The second-order valence-electron chi connectivity index (χ2n) is 5.99. The molecule has 2 aromatic carbocycles. The third-order valence-electron chi connectivity index (χ3n) is 3.96. The molecular formula is C19H18ClN3O5. The van der Waals surface area contributed by atoms with Crippen molar-refractivity contribution in [3.05, 3.63) is 47.5 Å². The van der Waals surface area contributed by atoms with Crippen LogP contribution in [0, 0.1) is 0 Å². The van der Waals surface area contributed by atoms with Gasteiger partial charge in [-0.15, -0.1) is 0 Å². The second kappa shape index (κ2) is 8.62. The van der Waals surface area contributed by atoms with Crippen LogP contribution in [-0.2, 0) is 14.4 Å². The highest BCUT2D eigenvalue weighted by molar-refractivity contribution is 6.30. The first-order valence-corrected chi connectivity index (χ1v) is 8.78. The lowest BCUT2D eigenvalue weighted by atomic mass is 10.2. The molecule has 9 heteroatoms. The zero-order chi connectivity index (χ0) is 20.1. The van der Waals surface area contributed by atoms with Crippen LogP contribution in [0.5, 0.6) is 11.5 Å². The summed E-state index contributed by atoms with van der Waals surface area (Å²) in [4.78, 5) is 36.9. The van der Waals surface area contributed by atoms with E-state index < -0.39 is 11.8 Å². The topological polar surface area (TPSA) is 97.0 Å². The van der Waals surface area contributed by atoms with Crippen molar-refractivity contribution in [1.82, 2.24) is 5.32 Å². The van der Waals surface area contributed by atoms with Crippen molar-refractivity contribution in [1.29, 1.82) is 0 Å². The van der Waals surface area contributed by atoms with Gasteiger partial charge in [-0.05, 0) is 36.4 Å². The summed E-state index contributed by atoms with van der Waals surface area (Å²) >= 11 is 5.77. The summed E-state index contributed by atoms with van der Waals surface area (Å²) in [6, 6.07) is 11.6. The lowest BCUT2D eigenvalue weighted by Crippen LogP contribution is -2.36. The summed E-state index contributed by atoms with van der Waals surface area (Å²) in [7, 11) is 1.66. The summed E-state index contributed by atoms with van der Waals surface area (Å²) in [6.07, 6.45) is 0. The number of carbonyl (C=O) groups excluding carboxylic acids is 3. The number of ether oxygens (including phenoxy) is 2. The number of nitrogens with one attached hydrogen (secondary N) is 2. The van der Waals surface area contributed by atoms with Crippen LogP contribution in [0.2, 0.25) is 5.02 Å². The number of benzene rings is 2. The standard InChI is InChI=1S/C19H18ClN3O5/c1-23-15-7-4-13(8-16(15)28-11-19(23)26)22-17(24)9-21-18(25)10-27-14-5-2-12(20)3-6-14/h2-8H,9-11H2,1H3,(H,21,25)(H,22,24). The first-order valence-electron chi connectivity index (χ1n) is 8.40. The number of hydrogen-bond acceptors (Lipinski definition) is 5. The molecule has 3 amide bonds. The molecule has 0 unspecified atom stereocenters. The van der Waals surface area contributed by atoms with Crippen LogP contribution < -0.4 is 25.0 Å². The SMILES string of the molecule is CN1C(=O)COc2cc(NC(=O)CNC(=O)COc3ccc(Cl)cc3)ccc21. The van der Waals surface area contributed by atoms with Gasteiger partial charge < -0.3 is 25.0 Å². The summed E-state index contributed by atoms with van der Waals surface area (Å²) in [5.74, 6) is 0.0219. The predicted octanol–water partition coefficient (Wildman–Crippen LogP) is 1.83. The van der Waals surface area contributed by atoms with Crippen molar-refractivity contribution in [2.45, 2.75) is 0 Å². The summed E-state index contributed by atoms with van der Waals surface area (Å²) < 4.78 is 10.7. The van der Waals surface area contributed by atoms with Gasteiger partial charge in [0.25, 0.3) is 11.8 Å². The molecular weight excluding hydrogens is 386 g/mol. The number of amides is 3. The van der Waals surface area contributed by atoms with E-state index in [9.17, 15) is 14.4 Å². The van der Waals surface area contributed by atoms with Gasteiger partial charge in [0.15, 0.2) is 13.2 Å². The highest BCUT2D eigenvalue weighted by Gasteiger charge is 2.22. The fourth-order valence-corrected chi connectivity index (χ4v) is 2.60. The summed E-state index contributed by atoms with van der Waals surface area (Å²) in [5, 5.41) is 5.70. The van der Waals surface area contributed by atoms with Gasteiger partial charge in [-0.1, -0.05) is 11.6 Å².